The van der Waals surface area contributed by atoms with Crippen LogP contribution in [-0.2, 0) is 0 Å². The number of rotatable bonds is 1. The van der Waals surface area contributed by atoms with Gasteiger partial charge in [-0.15, -0.1) is 0 Å². The molecule has 1 rings (SSSR count). The van der Waals surface area contributed by atoms with Crippen LogP contribution in [-0.4, -0.2) is 6.18 Å². The predicted molar refractivity (Wildman–Crippen MR) is 50.7 cm³/mol. The fourth-order valence-electron chi connectivity index (χ4n) is 0.988. The molecule has 0 saturated heterocycles. The lowest BCUT2D eigenvalue weighted by atomic mass is 10.0. The Morgan fingerprint density at radius 3 is 1.31 bits per heavy atom. The van der Waals surface area contributed by atoms with E-state index in [2.05, 4.69) is 0 Å². The number of hydrogen-bond acceptors (Lipinski definition) is 0. The summed E-state index contributed by atoms with van der Waals surface area (Å²) in [5.74, 6) is 0. The maximum Gasteiger partial charge on any atom is 0.394 e. The Kier molecular flexibility index (Phi) is 7.37. The Morgan fingerprint density at radius 2 is 1.31 bits per heavy atom. The third-order valence-electron chi connectivity index (χ3n) is 2.13. The highest BCUT2D eigenvalue weighted by atomic mass is 19.4. The largest absolute Gasteiger partial charge is 0.394 e. The molecule has 0 heterocycles. The highest BCUT2D eigenvalue weighted by molar-refractivity contribution is 4.97. The summed E-state index contributed by atoms with van der Waals surface area (Å²) in [5, 5.41) is 0. The molecular weight excluding hydrogens is 177 g/mol. The van der Waals surface area contributed by atoms with Gasteiger partial charge >= 0.3 is 6.18 Å². The average Bonchev–Trinajstić information content (AvgIpc) is 2.90. The van der Waals surface area contributed by atoms with Gasteiger partial charge in [-0.05, 0) is 19.3 Å². The third kappa shape index (κ3) is 4.01. The molecule has 1 aliphatic carbocycles. The lowest BCUT2D eigenvalue weighted by molar-refractivity contribution is -0.187. The Balaban J connectivity index is 0. The van der Waals surface area contributed by atoms with Gasteiger partial charge in [0.05, 0.1) is 5.41 Å². The minimum Gasteiger partial charge on any atom is -0.171 e. The first-order chi connectivity index (χ1) is 6.02. The van der Waals surface area contributed by atoms with Crippen molar-refractivity contribution < 1.29 is 13.2 Å². The Morgan fingerprint density at radius 1 is 1.00 bits per heavy atom. The van der Waals surface area contributed by atoms with E-state index < -0.39 is 11.6 Å². The van der Waals surface area contributed by atoms with E-state index in [1.165, 1.54) is 0 Å². The smallest absolute Gasteiger partial charge is 0.171 e. The molecule has 82 valence electrons. The van der Waals surface area contributed by atoms with Gasteiger partial charge in [0.15, 0.2) is 0 Å². The highest BCUT2D eigenvalue weighted by Gasteiger charge is 2.61. The molecule has 0 atom stereocenters. The van der Waals surface area contributed by atoms with E-state index in [1.54, 1.807) is 6.92 Å². The van der Waals surface area contributed by atoms with Gasteiger partial charge in [-0.1, -0.05) is 34.6 Å². The van der Waals surface area contributed by atoms with E-state index in [1.807, 2.05) is 27.7 Å². The molecule has 0 aromatic heterocycles. The maximum absolute atomic E-state index is 11.9. The summed E-state index contributed by atoms with van der Waals surface area (Å²) < 4.78 is 35.7. The summed E-state index contributed by atoms with van der Waals surface area (Å²) in [4.78, 5) is 0. The molecule has 1 fully saturated rings. The van der Waals surface area contributed by atoms with E-state index in [4.69, 9.17) is 0 Å². The zero-order valence-electron chi connectivity index (χ0n) is 9.26. The second-order valence-corrected chi connectivity index (χ2v) is 2.63. The second-order valence-electron chi connectivity index (χ2n) is 2.63. The summed E-state index contributed by atoms with van der Waals surface area (Å²) in [6, 6.07) is 0. The molecule has 0 unspecified atom stereocenters. The van der Waals surface area contributed by atoms with Gasteiger partial charge in [-0.3, -0.25) is 0 Å². The average molecular weight is 198 g/mol. The summed E-state index contributed by atoms with van der Waals surface area (Å²) in [6.45, 7) is 9.60. The Hall–Kier alpha value is -0.210. The monoisotopic (exact) mass is 198 g/mol. The van der Waals surface area contributed by atoms with Crippen LogP contribution >= 0.6 is 0 Å². The first-order valence-corrected chi connectivity index (χ1v) is 5.08. The molecule has 3 heteroatoms. The molecule has 1 saturated carbocycles. The highest BCUT2D eigenvalue weighted by Crippen LogP contribution is 2.59. The van der Waals surface area contributed by atoms with Crippen LogP contribution in [0, 0.1) is 5.41 Å². The molecule has 0 bridgehead atoms. The van der Waals surface area contributed by atoms with E-state index in [9.17, 15) is 13.2 Å². The van der Waals surface area contributed by atoms with Crippen LogP contribution in [0.1, 0.15) is 53.9 Å². The normalized spacial score (nSPS) is 17.5. The van der Waals surface area contributed by atoms with Crippen molar-refractivity contribution in [2.24, 2.45) is 5.41 Å². The lowest BCUT2D eigenvalue weighted by Crippen LogP contribution is -2.23. The topological polar surface area (TPSA) is 0 Å². The molecule has 0 aromatic rings. The van der Waals surface area contributed by atoms with E-state index >= 15 is 0 Å². The van der Waals surface area contributed by atoms with Gasteiger partial charge < -0.3 is 0 Å². The summed E-state index contributed by atoms with van der Waals surface area (Å²) >= 11 is 0. The number of hydrogen-bond donors (Lipinski definition) is 0. The zero-order valence-corrected chi connectivity index (χ0v) is 9.26. The third-order valence-corrected chi connectivity index (χ3v) is 2.13. The summed E-state index contributed by atoms with van der Waals surface area (Å²) in [5.41, 5.74) is -1.27. The van der Waals surface area contributed by atoms with Gasteiger partial charge in [0.1, 0.15) is 0 Å². The molecule has 0 N–H and O–H groups in total. The summed E-state index contributed by atoms with van der Waals surface area (Å²) in [7, 11) is 0. The van der Waals surface area contributed by atoms with Crippen molar-refractivity contribution in [1.29, 1.82) is 0 Å². The Labute approximate surface area is 79.5 Å². The molecule has 1 aliphatic rings. The van der Waals surface area contributed by atoms with Crippen LogP contribution in [0.3, 0.4) is 0 Å². The van der Waals surface area contributed by atoms with Crippen LogP contribution in [0.5, 0.6) is 0 Å². The fraction of sp³-hybridized carbons (Fsp3) is 1.00. The molecular formula is C10H21F3. The zero-order chi connectivity index (χ0) is 11.1. The van der Waals surface area contributed by atoms with Crippen LogP contribution in [0.4, 0.5) is 13.2 Å². The van der Waals surface area contributed by atoms with Gasteiger partial charge in [-0.2, -0.15) is 13.2 Å². The fourth-order valence-corrected chi connectivity index (χ4v) is 0.988. The lowest BCUT2D eigenvalue weighted by Gasteiger charge is -2.15. The van der Waals surface area contributed by atoms with Crippen LogP contribution in [0.25, 0.3) is 0 Å². The van der Waals surface area contributed by atoms with Gasteiger partial charge in [0, 0.05) is 0 Å². The standard InChI is InChI=1S/C6H9F3.2C2H6/c1-2-5(3-4-5)6(7,8)9;2*1-2/h2-4H2,1H3;2*1-2H3. The van der Waals surface area contributed by atoms with Crippen molar-refractivity contribution in [3.8, 4) is 0 Å². The molecule has 0 spiro atoms. The molecule has 0 aliphatic heterocycles. The second kappa shape index (κ2) is 6.28. The van der Waals surface area contributed by atoms with Crippen molar-refractivity contribution in [2.75, 3.05) is 0 Å². The minimum absolute atomic E-state index is 0.247. The molecule has 0 nitrogen and oxygen atoms in total. The van der Waals surface area contributed by atoms with E-state index in [-0.39, 0.29) is 6.42 Å². The van der Waals surface area contributed by atoms with Crippen LogP contribution in [0.2, 0.25) is 0 Å². The van der Waals surface area contributed by atoms with Crippen molar-refractivity contribution in [1.82, 2.24) is 0 Å². The predicted octanol–water partition coefficient (Wildman–Crippen LogP) is 4.79. The van der Waals surface area contributed by atoms with Gasteiger partial charge in [0.25, 0.3) is 0 Å². The quantitative estimate of drug-likeness (QED) is 0.568. The van der Waals surface area contributed by atoms with Crippen LogP contribution < -0.4 is 0 Å². The molecule has 0 amide bonds. The minimum atomic E-state index is -3.94. The van der Waals surface area contributed by atoms with Crippen LogP contribution in [0.15, 0.2) is 0 Å². The SMILES string of the molecule is CC.CC.CCC1(C(F)(F)F)CC1. The molecule has 13 heavy (non-hydrogen) atoms. The Bertz CT molecular complexity index is 112. The van der Waals surface area contributed by atoms with Gasteiger partial charge in [0.2, 0.25) is 0 Å². The first-order valence-electron chi connectivity index (χ1n) is 5.08. The summed E-state index contributed by atoms with van der Waals surface area (Å²) in [6.07, 6.45) is -3.02. The van der Waals surface area contributed by atoms with Crippen molar-refractivity contribution >= 4 is 0 Å². The van der Waals surface area contributed by atoms with Crippen molar-refractivity contribution in [3.63, 3.8) is 0 Å². The van der Waals surface area contributed by atoms with E-state index in [0.29, 0.717) is 12.8 Å². The maximum atomic E-state index is 11.9. The van der Waals surface area contributed by atoms with E-state index in [0.717, 1.165) is 0 Å². The van der Waals surface area contributed by atoms with Gasteiger partial charge in [-0.25, -0.2) is 0 Å². The molecule has 0 aromatic carbocycles. The number of alkyl halides is 3. The first kappa shape index (κ1) is 15.3. The molecule has 0 radical (unpaired) electrons. The van der Waals surface area contributed by atoms with Crippen molar-refractivity contribution in [3.05, 3.63) is 0 Å². The van der Waals surface area contributed by atoms with Crippen molar-refractivity contribution in [2.45, 2.75) is 60.1 Å². The number of halogens is 3.